The van der Waals surface area contributed by atoms with Crippen LogP contribution in [0.2, 0.25) is 0 Å². The molecule has 0 aromatic rings. The molecule has 0 aromatic heterocycles. The van der Waals surface area contributed by atoms with Crippen molar-refractivity contribution in [3.63, 3.8) is 0 Å². The fourth-order valence-electron chi connectivity index (χ4n) is 5.81. The summed E-state index contributed by atoms with van der Waals surface area (Å²) in [5.41, 5.74) is 1.06. The Balaban J connectivity index is 1.86. The van der Waals surface area contributed by atoms with Crippen LogP contribution in [0.15, 0.2) is 0 Å². The average molecular weight is 250 g/mol. The van der Waals surface area contributed by atoms with E-state index in [1.165, 1.54) is 25.7 Å². The predicted octanol–water partition coefficient (Wildman–Crippen LogP) is 4.25. The maximum absolute atomic E-state index is 10.0. The fourth-order valence-corrected chi connectivity index (χ4v) is 5.81. The fraction of sp³-hybridized carbons (Fsp3) is 1.00. The summed E-state index contributed by atoms with van der Waals surface area (Å²) < 4.78 is 0. The molecule has 1 nitrogen and oxygen atoms in total. The lowest BCUT2D eigenvalue weighted by Crippen LogP contribution is -2.41. The van der Waals surface area contributed by atoms with Crippen molar-refractivity contribution in [3.8, 4) is 0 Å². The summed E-state index contributed by atoms with van der Waals surface area (Å²) in [6.07, 6.45) is 7.64. The molecule has 3 unspecified atom stereocenters. The first kappa shape index (κ1) is 13.0. The van der Waals surface area contributed by atoms with Gasteiger partial charge < -0.3 is 5.11 Å². The Morgan fingerprint density at radius 3 is 2.28 bits per heavy atom. The highest BCUT2D eigenvalue weighted by Gasteiger charge is 2.63. The van der Waals surface area contributed by atoms with E-state index in [9.17, 15) is 5.11 Å². The summed E-state index contributed by atoms with van der Waals surface area (Å²) in [6, 6.07) is 0. The minimum Gasteiger partial charge on any atom is -0.393 e. The van der Waals surface area contributed by atoms with Crippen LogP contribution in [-0.2, 0) is 0 Å². The van der Waals surface area contributed by atoms with Crippen molar-refractivity contribution in [3.05, 3.63) is 0 Å². The van der Waals surface area contributed by atoms with Crippen LogP contribution in [0.3, 0.4) is 0 Å². The molecule has 6 atom stereocenters. The van der Waals surface area contributed by atoms with Gasteiger partial charge in [0, 0.05) is 0 Å². The second-order valence-electron chi connectivity index (χ2n) is 8.32. The number of aliphatic hydroxyl groups excluding tert-OH is 1. The number of aliphatic hydroxyl groups is 1. The van der Waals surface area contributed by atoms with Crippen molar-refractivity contribution < 1.29 is 5.11 Å². The maximum Gasteiger partial charge on any atom is 0.0543 e. The Morgan fingerprint density at radius 1 is 1.00 bits per heavy atom. The Hall–Kier alpha value is -0.0400. The quantitative estimate of drug-likeness (QED) is 0.738. The predicted molar refractivity (Wildman–Crippen MR) is 75.2 cm³/mol. The zero-order chi connectivity index (χ0) is 13.1. The molecule has 3 aliphatic rings. The largest absolute Gasteiger partial charge is 0.393 e. The molecule has 0 saturated heterocycles. The first-order chi connectivity index (χ1) is 8.36. The van der Waals surface area contributed by atoms with Gasteiger partial charge in [-0.2, -0.15) is 0 Å². The van der Waals surface area contributed by atoms with Crippen LogP contribution in [0.4, 0.5) is 0 Å². The normalized spacial score (nSPS) is 54.8. The van der Waals surface area contributed by atoms with E-state index in [2.05, 4.69) is 27.7 Å². The molecule has 104 valence electrons. The molecule has 0 heterocycles. The van der Waals surface area contributed by atoms with Gasteiger partial charge >= 0.3 is 0 Å². The Bertz CT molecular complexity index is 335. The summed E-state index contributed by atoms with van der Waals surface area (Å²) in [7, 11) is 0. The summed E-state index contributed by atoms with van der Waals surface area (Å²) in [5.74, 6) is 3.42. The van der Waals surface area contributed by atoms with E-state index < -0.39 is 0 Å². The Labute approximate surface area is 112 Å². The van der Waals surface area contributed by atoms with Gasteiger partial charge in [-0.05, 0) is 73.0 Å². The molecule has 0 aromatic carbocycles. The zero-order valence-corrected chi connectivity index (χ0v) is 12.6. The molecule has 3 aliphatic carbocycles. The Morgan fingerprint density at radius 2 is 1.72 bits per heavy atom. The standard InChI is InChI=1S/C17H30O/c1-11-5-6-13(18)10-14(11)15-9-12-7-8-17(15,4)16(12,2)3/h11-15,18H,5-10H2,1-4H3/t11?,12-,13?,14?,15+,17+/m1/s1. The first-order valence-electron chi connectivity index (χ1n) is 8.04. The monoisotopic (exact) mass is 250 g/mol. The molecule has 0 aliphatic heterocycles. The van der Waals surface area contributed by atoms with Crippen LogP contribution in [0.1, 0.15) is 66.2 Å². The number of rotatable bonds is 1. The van der Waals surface area contributed by atoms with Gasteiger partial charge in [0.25, 0.3) is 0 Å². The summed E-state index contributed by atoms with van der Waals surface area (Å²) in [5, 5.41) is 10.0. The second kappa shape index (κ2) is 3.98. The molecule has 3 rings (SSSR count). The molecule has 0 radical (unpaired) electrons. The van der Waals surface area contributed by atoms with Gasteiger partial charge in [0.05, 0.1) is 6.10 Å². The van der Waals surface area contributed by atoms with Gasteiger partial charge in [0.15, 0.2) is 0 Å². The zero-order valence-electron chi connectivity index (χ0n) is 12.6. The lowest BCUT2D eigenvalue weighted by Gasteiger charge is -2.46. The molecule has 0 spiro atoms. The third-order valence-corrected chi connectivity index (χ3v) is 7.61. The van der Waals surface area contributed by atoms with Crippen LogP contribution in [0.5, 0.6) is 0 Å². The molecule has 3 saturated carbocycles. The molecule has 1 N–H and O–H groups in total. The number of fused-ring (bicyclic) bond motifs is 2. The number of hydrogen-bond acceptors (Lipinski definition) is 1. The molecule has 2 bridgehead atoms. The van der Waals surface area contributed by atoms with E-state index in [4.69, 9.17) is 0 Å². The second-order valence-corrected chi connectivity index (χ2v) is 8.32. The van der Waals surface area contributed by atoms with E-state index in [1.54, 1.807) is 0 Å². The van der Waals surface area contributed by atoms with Crippen molar-refractivity contribution in [1.82, 2.24) is 0 Å². The van der Waals surface area contributed by atoms with E-state index in [0.29, 0.717) is 10.8 Å². The van der Waals surface area contributed by atoms with Crippen molar-refractivity contribution >= 4 is 0 Å². The molecule has 1 heteroatoms. The van der Waals surface area contributed by atoms with Crippen molar-refractivity contribution in [2.24, 2.45) is 34.5 Å². The van der Waals surface area contributed by atoms with Gasteiger partial charge in [0.2, 0.25) is 0 Å². The van der Waals surface area contributed by atoms with Crippen molar-refractivity contribution in [1.29, 1.82) is 0 Å². The van der Waals surface area contributed by atoms with Gasteiger partial charge in [-0.25, -0.2) is 0 Å². The lowest BCUT2D eigenvalue weighted by molar-refractivity contribution is -0.00822. The molecular formula is C17H30O. The first-order valence-corrected chi connectivity index (χ1v) is 8.04. The third-order valence-electron chi connectivity index (χ3n) is 7.61. The van der Waals surface area contributed by atoms with E-state index >= 15 is 0 Å². The van der Waals surface area contributed by atoms with Crippen molar-refractivity contribution in [2.45, 2.75) is 72.3 Å². The van der Waals surface area contributed by atoms with Crippen LogP contribution in [0, 0.1) is 34.5 Å². The van der Waals surface area contributed by atoms with Crippen molar-refractivity contribution in [2.75, 3.05) is 0 Å². The number of hydrogen-bond donors (Lipinski definition) is 1. The molecule has 3 fully saturated rings. The lowest BCUT2D eigenvalue weighted by atomic mass is 9.59. The van der Waals surface area contributed by atoms with Gasteiger partial charge in [-0.1, -0.05) is 27.7 Å². The Kier molecular flexibility index (Phi) is 2.86. The van der Waals surface area contributed by atoms with Crippen LogP contribution < -0.4 is 0 Å². The van der Waals surface area contributed by atoms with Gasteiger partial charge in [0.1, 0.15) is 0 Å². The van der Waals surface area contributed by atoms with Crippen LogP contribution >= 0.6 is 0 Å². The minimum absolute atomic E-state index is 0.0166. The minimum atomic E-state index is -0.0166. The molecule has 18 heavy (non-hydrogen) atoms. The third kappa shape index (κ3) is 1.55. The molecular weight excluding hydrogens is 220 g/mol. The summed E-state index contributed by atoms with van der Waals surface area (Å²) in [6.45, 7) is 10.0. The van der Waals surface area contributed by atoms with Crippen LogP contribution in [-0.4, -0.2) is 11.2 Å². The van der Waals surface area contributed by atoms with Gasteiger partial charge in [-0.15, -0.1) is 0 Å². The highest BCUT2D eigenvalue weighted by atomic mass is 16.3. The topological polar surface area (TPSA) is 20.2 Å². The van der Waals surface area contributed by atoms with Crippen LogP contribution in [0.25, 0.3) is 0 Å². The smallest absolute Gasteiger partial charge is 0.0543 e. The summed E-state index contributed by atoms with van der Waals surface area (Å²) in [4.78, 5) is 0. The maximum atomic E-state index is 10.0. The van der Waals surface area contributed by atoms with E-state index in [-0.39, 0.29) is 6.10 Å². The average Bonchev–Trinajstić information content (AvgIpc) is 2.64. The van der Waals surface area contributed by atoms with E-state index in [1.807, 2.05) is 0 Å². The SMILES string of the molecule is CC1CCC(O)CC1[C@@H]1C[C@H]2CC[C@]1(C)C2(C)C. The highest BCUT2D eigenvalue weighted by Crippen LogP contribution is 2.70. The van der Waals surface area contributed by atoms with E-state index in [0.717, 1.165) is 36.5 Å². The molecule has 0 amide bonds. The van der Waals surface area contributed by atoms with Gasteiger partial charge in [-0.3, -0.25) is 0 Å². The summed E-state index contributed by atoms with van der Waals surface area (Å²) >= 11 is 0. The highest BCUT2D eigenvalue weighted by molar-refractivity contribution is 5.12.